The molecule has 2 atom stereocenters. The van der Waals surface area contributed by atoms with Crippen LogP contribution in [0.1, 0.15) is 47.0 Å². The maximum atomic E-state index is 12.1. The predicted octanol–water partition coefficient (Wildman–Crippen LogP) is 1.98. The van der Waals surface area contributed by atoms with Crippen molar-refractivity contribution < 1.29 is 9.90 Å². The third-order valence-electron chi connectivity index (χ3n) is 3.55. The highest BCUT2D eigenvalue weighted by Crippen LogP contribution is 2.29. The number of nitrogens with one attached hydrogen (secondary N) is 1. The third kappa shape index (κ3) is 4.19. The van der Waals surface area contributed by atoms with Gasteiger partial charge in [-0.05, 0) is 46.5 Å². The lowest BCUT2D eigenvalue weighted by atomic mass is 9.80. The zero-order valence-electron chi connectivity index (χ0n) is 11.4. The summed E-state index contributed by atoms with van der Waals surface area (Å²) in [4.78, 5) is 13.8. The Morgan fingerprint density at radius 3 is 2.29 bits per heavy atom. The van der Waals surface area contributed by atoms with E-state index in [0.717, 1.165) is 0 Å². The summed E-state index contributed by atoms with van der Waals surface area (Å²) < 4.78 is 0. The van der Waals surface area contributed by atoms with Crippen molar-refractivity contribution in [3.63, 3.8) is 0 Å². The van der Waals surface area contributed by atoms with Crippen LogP contribution < -0.4 is 5.32 Å². The fourth-order valence-corrected chi connectivity index (χ4v) is 2.15. The number of rotatable bonds is 5. The van der Waals surface area contributed by atoms with Crippen molar-refractivity contribution in [3.8, 4) is 0 Å². The van der Waals surface area contributed by atoms with Crippen molar-refractivity contribution in [3.05, 3.63) is 0 Å². The summed E-state index contributed by atoms with van der Waals surface area (Å²) in [6.07, 6.45) is 3.24. The second-order valence-electron chi connectivity index (χ2n) is 5.52. The predicted molar refractivity (Wildman–Crippen MR) is 68.9 cm³/mol. The molecule has 1 fully saturated rings. The molecule has 1 saturated carbocycles. The second kappa shape index (κ2) is 6.24. The number of aliphatic hydroxyl groups excluding tert-OH is 1. The van der Waals surface area contributed by atoms with Gasteiger partial charge in [0.15, 0.2) is 0 Å². The van der Waals surface area contributed by atoms with Gasteiger partial charge < -0.3 is 15.3 Å². The Labute approximate surface area is 104 Å². The summed E-state index contributed by atoms with van der Waals surface area (Å²) >= 11 is 0. The molecule has 2 unspecified atom stereocenters. The zero-order valence-corrected chi connectivity index (χ0v) is 11.4. The molecule has 0 aromatic carbocycles. The lowest BCUT2D eigenvalue weighted by Gasteiger charge is -2.35. The van der Waals surface area contributed by atoms with Crippen LogP contribution in [0.2, 0.25) is 0 Å². The van der Waals surface area contributed by atoms with E-state index in [1.807, 2.05) is 13.8 Å². The highest BCUT2D eigenvalue weighted by atomic mass is 16.3. The van der Waals surface area contributed by atoms with Gasteiger partial charge in [0.1, 0.15) is 0 Å². The van der Waals surface area contributed by atoms with Crippen molar-refractivity contribution in [1.82, 2.24) is 10.2 Å². The molecule has 0 aromatic rings. The van der Waals surface area contributed by atoms with Gasteiger partial charge in [0.25, 0.3) is 0 Å². The first-order valence-corrected chi connectivity index (χ1v) is 6.67. The molecule has 0 heterocycles. The van der Waals surface area contributed by atoms with Gasteiger partial charge in [0.05, 0.1) is 6.10 Å². The normalized spacial score (nSPS) is 19.6. The summed E-state index contributed by atoms with van der Waals surface area (Å²) in [5, 5.41) is 12.4. The summed E-state index contributed by atoms with van der Waals surface area (Å²) in [5.41, 5.74) is 0. The fraction of sp³-hybridized carbons (Fsp3) is 0.923. The first kappa shape index (κ1) is 14.3. The van der Waals surface area contributed by atoms with E-state index >= 15 is 0 Å². The monoisotopic (exact) mass is 242 g/mol. The third-order valence-corrected chi connectivity index (χ3v) is 3.55. The molecule has 0 aliphatic heterocycles. The number of hydrogen-bond donors (Lipinski definition) is 2. The van der Waals surface area contributed by atoms with E-state index in [0.29, 0.717) is 12.5 Å². The van der Waals surface area contributed by atoms with Gasteiger partial charge in [0.2, 0.25) is 0 Å². The molecule has 100 valence electrons. The second-order valence-corrected chi connectivity index (χ2v) is 5.52. The SMILES string of the molecule is CC(O)CN(C(=O)NC(C)C1CCC1)C(C)C. The number of aliphatic hydroxyl groups is 1. The number of amides is 2. The van der Waals surface area contributed by atoms with Gasteiger partial charge in [-0.15, -0.1) is 0 Å². The minimum Gasteiger partial charge on any atom is -0.392 e. The molecule has 2 amide bonds. The Morgan fingerprint density at radius 2 is 1.94 bits per heavy atom. The van der Waals surface area contributed by atoms with E-state index in [2.05, 4.69) is 12.2 Å². The lowest BCUT2D eigenvalue weighted by Crippen LogP contribution is -2.51. The van der Waals surface area contributed by atoms with Crippen molar-refractivity contribution in [1.29, 1.82) is 0 Å². The van der Waals surface area contributed by atoms with Gasteiger partial charge in [-0.1, -0.05) is 6.42 Å². The van der Waals surface area contributed by atoms with Gasteiger partial charge in [-0.3, -0.25) is 0 Å². The first-order chi connectivity index (χ1) is 7.91. The van der Waals surface area contributed by atoms with Crippen LogP contribution in [0.3, 0.4) is 0 Å². The van der Waals surface area contributed by atoms with E-state index in [4.69, 9.17) is 0 Å². The van der Waals surface area contributed by atoms with Crippen LogP contribution in [-0.2, 0) is 0 Å². The zero-order chi connectivity index (χ0) is 13.0. The average molecular weight is 242 g/mol. The fourth-order valence-electron chi connectivity index (χ4n) is 2.15. The molecule has 0 spiro atoms. The van der Waals surface area contributed by atoms with Gasteiger partial charge >= 0.3 is 6.03 Å². The van der Waals surface area contributed by atoms with Crippen molar-refractivity contribution in [2.24, 2.45) is 5.92 Å². The Hall–Kier alpha value is -0.770. The number of hydrogen-bond acceptors (Lipinski definition) is 2. The number of carbonyl (C=O) groups is 1. The van der Waals surface area contributed by atoms with Gasteiger partial charge in [-0.25, -0.2) is 4.79 Å². The first-order valence-electron chi connectivity index (χ1n) is 6.67. The standard InChI is InChI=1S/C13H26N2O2/c1-9(2)15(8-10(3)16)13(17)14-11(4)12-6-5-7-12/h9-12,16H,5-8H2,1-4H3,(H,14,17). The quantitative estimate of drug-likeness (QED) is 0.774. The molecule has 2 N–H and O–H groups in total. The van der Waals surface area contributed by atoms with Crippen LogP contribution in [0, 0.1) is 5.92 Å². The van der Waals surface area contributed by atoms with Gasteiger partial charge in [0, 0.05) is 18.6 Å². The Balaban J connectivity index is 2.46. The summed E-state index contributed by atoms with van der Waals surface area (Å²) in [6, 6.07) is 0.296. The van der Waals surface area contributed by atoms with Crippen LogP contribution >= 0.6 is 0 Å². The lowest BCUT2D eigenvalue weighted by molar-refractivity contribution is 0.114. The van der Waals surface area contributed by atoms with Crippen LogP contribution in [0.5, 0.6) is 0 Å². The molecular formula is C13H26N2O2. The van der Waals surface area contributed by atoms with E-state index in [9.17, 15) is 9.90 Å². The van der Waals surface area contributed by atoms with Crippen LogP contribution in [-0.4, -0.2) is 40.8 Å². The van der Waals surface area contributed by atoms with Crippen molar-refractivity contribution in [2.75, 3.05) is 6.54 Å². The van der Waals surface area contributed by atoms with E-state index in [1.54, 1.807) is 11.8 Å². The van der Waals surface area contributed by atoms with E-state index in [-0.39, 0.29) is 18.1 Å². The summed E-state index contributed by atoms with van der Waals surface area (Å²) in [5.74, 6) is 0.638. The molecule has 17 heavy (non-hydrogen) atoms. The van der Waals surface area contributed by atoms with Crippen LogP contribution in [0.15, 0.2) is 0 Å². The minimum absolute atomic E-state index is 0.0553. The van der Waals surface area contributed by atoms with Crippen LogP contribution in [0.4, 0.5) is 4.79 Å². The smallest absolute Gasteiger partial charge is 0.317 e. The highest BCUT2D eigenvalue weighted by molar-refractivity contribution is 5.74. The largest absolute Gasteiger partial charge is 0.392 e. The summed E-state index contributed by atoms with van der Waals surface area (Å²) in [6.45, 7) is 8.10. The molecule has 4 heteroatoms. The minimum atomic E-state index is -0.484. The van der Waals surface area contributed by atoms with Crippen molar-refractivity contribution >= 4 is 6.03 Å². The molecule has 0 radical (unpaired) electrons. The molecule has 1 aliphatic rings. The molecular weight excluding hydrogens is 216 g/mol. The molecule has 1 aliphatic carbocycles. The topological polar surface area (TPSA) is 52.6 Å². The van der Waals surface area contributed by atoms with E-state index in [1.165, 1.54) is 19.3 Å². The van der Waals surface area contributed by atoms with Gasteiger partial charge in [-0.2, -0.15) is 0 Å². The Kier molecular flexibility index (Phi) is 5.25. The van der Waals surface area contributed by atoms with E-state index < -0.39 is 6.10 Å². The highest BCUT2D eigenvalue weighted by Gasteiger charge is 2.27. The summed E-state index contributed by atoms with van der Waals surface area (Å²) in [7, 11) is 0. The number of urea groups is 1. The number of carbonyl (C=O) groups excluding carboxylic acids is 1. The molecule has 0 bridgehead atoms. The average Bonchev–Trinajstić information content (AvgIpc) is 2.09. The van der Waals surface area contributed by atoms with Crippen LogP contribution in [0.25, 0.3) is 0 Å². The molecule has 1 rings (SSSR count). The molecule has 0 saturated heterocycles. The molecule has 4 nitrogen and oxygen atoms in total. The Morgan fingerprint density at radius 1 is 1.35 bits per heavy atom. The van der Waals surface area contributed by atoms with Crippen molar-refractivity contribution in [2.45, 2.75) is 65.1 Å². The maximum absolute atomic E-state index is 12.1. The maximum Gasteiger partial charge on any atom is 0.317 e. The molecule has 0 aromatic heterocycles. The Bertz CT molecular complexity index is 250. The number of nitrogens with zero attached hydrogens (tertiary/aromatic N) is 1.